The standard InChI is InChI=1S/C25H27N3O2.C25H29N3.2ClH.Sn/c1-16(2)12-19-14-21(26-5)15-20(13-17(3)4)24(19)27-25-22-9-7-6-8-18(22)10-11-23(25)28(29)30;1-16(2)12-19-14-21(27-5)15-20(13-17(3)4)24(19)28-25-22-9-7-6-8-18(22)10-11-23(25)26;;;/h6-11,14-17,27H,12-13H2,1-4H3;6-11,14-17,28H,12-13,26H2,1-4H3;2*1H;/q;;;;+2/p-2. The first-order chi connectivity index (χ1) is 29.1. The zero-order valence-corrected chi connectivity index (χ0v) is 40.7. The summed E-state index contributed by atoms with van der Waals surface area (Å²) in [4.78, 5) is 18.9. The Hall–Kier alpha value is -5.00. The molecule has 0 aliphatic heterocycles. The van der Waals surface area contributed by atoms with Crippen LogP contribution in [0.4, 0.5) is 45.5 Å². The average molecular weight is 963 g/mol. The van der Waals surface area contributed by atoms with Crippen molar-refractivity contribution in [3.63, 3.8) is 0 Å². The Kier molecular flexibility index (Phi) is 18.6. The van der Waals surface area contributed by atoms with Gasteiger partial charge in [0.2, 0.25) is 0 Å². The molecule has 0 fully saturated rings. The average Bonchev–Trinajstić information content (AvgIpc) is 3.20. The van der Waals surface area contributed by atoms with Gasteiger partial charge in [-0.2, -0.15) is 0 Å². The normalized spacial score (nSPS) is 10.9. The number of nitrogens with zero attached hydrogens (tertiary/aromatic N) is 3. The molecule has 0 aliphatic rings. The predicted octanol–water partition coefficient (Wildman–Crippen LogP) is 15.6. The number of fused-ring (bicyclic) bond motifs is 2. The van der Waals surface area contributed by atoms with Crippen LogP contribution >= 0.6 is 17.8 Å². The van der Waals surface area contributed by atoms with Crippen molar-refractivity contribution in [2.75, 3.05) is 16.4 Å². The molecule has 0 spiro atoms. The van der Waals surface area contributed by atoms with Crippen molar-refractivity contribution < 1.29 is 4.92 Å². The van der Waals surface area contributed by atoms with Gasteiger partial charge in [-0.15, -0.1) is 0 Å². The maximum atomic E-state index is 11.8. The van der Waals surface area contributed by atoms with E-state index in [0.717, 1.165) is 81.1 Å². The molecule has 2 radical (unpaired) electrons. The number of nitrogens with one attached hydrogen (secondary N) is 2. The van der Waals surface area contributed by atoms with Crippen LogP contribution in [0.3, 0.4) is 0 Å². The predicted molar refractivity (Wildman–Crippen MR) is 263 cm³/mol. The molecule has 0 atom stereocenters. The molecule has 0 unspecified atom stereocenters. The molecule has 8 nitrogen and oxygen atoms in total. The number of halogens is 2. The minimum atomic E-state index is -0.826. The topological polar surface area (TPSA) is 102 Å². The molecule has 6 aromatic rings. The van der Waals surface area contributed by atoms with Crippen LogP contribution in [-0.4, -0.2) is 23.8 Å². The van der Waals surface area contributed by atoms with Crippen LogP contribution in [0.5, 0.6) is 0 Å². The van der Waals surface area contributed by atoms with E-state index < -0.39 is 18.9 Å². The SMILES string of the molecule is [C-]#[N+]c1cc(CC(C)C)c(Nc2c(N)ccc3ccccc23)c(CC(C)C)c1.[C-]#[N+]c1cc(CC(C)C)c(Nc2c([N+](=O)[O-])ccc3ccccc23)c(CC(C)C)c1.[Cl][Sn][Cl]. The van der Waals surface area contributed by atoms with Gasteiger partial charge in [0.25, 0.3) is 5.69 Å². The molecule has 0 bridgehead atoms. The zero-order chi connectivity index (χ0) is 44.8. The van der Waals surface area contributed by atoms with E-state index in [1.807, 2.05) is 66.7 Å². The van der Waals surface area contributed by atoms with Crippen molar-refractivity contribution in [2.45, 2.75) is 81.1 Å². The molecule has 0 amide bonds. The van der Waals surface area contributed by atoms with Crippen LogP contribution in [-0.2, 0) is 25.7 Å². The fraction of sp³-hybridized carbons (Fsp3) is 0.320. The Morgan fingerprint density at radius 2 is 0.934 bits per heavy atom. The van der Waals surface area contributed by atoms with E-state index in [1.54, 1.807) is 12.1 Å². The summed E-state index contributed by atoms with van der Waals surface area (Å²) in [7, 11) is 9.87. The second-order valence-electron chi connectivity index (χ2n) is 16.9. The van der Waals surface area contributed by atoms with Gasteiger partial charge < -0.3 is 16.4 Å². The minimum absolute atomic E-state index is 0.0500. The summed E-state index contributed by atoms with van der Waals surface area (Å²) in [6.45, 7) is 32.4. The van der Waals surface area contributed by atoms with Gasteiger partial charge >= 0.3 is 36.7 Å². The fourth-order valence-corrected chi connectivity index (χ4v) is 7.57. The molecule has 0 heterocycles. The molecule has 4 N–H and O–H groups in total. The van der Waals surface area contributed by atoms with Crippen LogP contribution < -0.4 is 16.4 Å². The summed E-state index contributed by atoms with van der Waals surface area (Å²) in [6.07, 6.45) is 3.41. The first kappa shape index (κ1) is 48.7. The molecule has 11 heteroatoms. The van der Waals surface area contributed by atoms with E-state index in [2.05, 4.69) is 93.9 Å². The van der Waals surface area contributed by atoms with Gasteiger partial charge in [-0.1, -0.05) is 134 Å². The summed E-state index contributed by atoms with van der Waals surface area (Å²) < 4.78 is 0. The second kappa shape index (κ2) is 23.3. The van der Waals surface area contributed by atoms with E-state index in [-0.39, 0.29) is 10.6 Å². The van der Waals surface area contributed by atoms with Gasteiger partial charge in [-0.25, -0.2) is 9.69 Å². The third kappa shape index (κ3) is 13.5. The second-order valence-corrected chi connectivity index (χ2v) is 21.1. The third-order valence-corrected chi connectivity index (χ3v) is 9.91. The van der Waals surface area contributed by atoms with Gasteiger partial charge in [0.15, 0.2) is 11.4 Å². The molecule has 6 rings (SSSR count). The van der Waals surface area contributed by atoms with Gasteiger partial charge in [0.05, 0.1) is 29.4 Å². The third-order valence-electron chi connectivity index (χ3n) is 9.91. The molecule has 316 valence electrons. The molecule has 0 saturated carbocycles. The van der Waals surface area contributed by atoms with E-state index in [4.69, 9.17) is 36.7 Å². The van der Waals surface area contributed by atoms with Gasteiger partial charge in [-0.05, 0) is 94.5 Å². The summed E-state index contributed by atoms with van der Waals surface area (Å²) in [6, 6.07) is 31.2. The van der Waals surface area contributed by atoms with Gasteiger partial charge in [-0.3, -0.25) is 10.1 Å². The summed E-state index contributed by atoms with van der Waals surface area (Å²) >= 11 is -0.826. The van der Waals surface area contributed by atoms with Crippen molar-refractivity contribution in [2.24, 2.45) is 23.7 Å². The van der Waals surface area contributed by atoms with Gasteiger partial charge in [0.1, 0.15) is 5.69 Å². The van der Waals surface area contributed by atoms with Crippen LogP contribution in [0, 0.1) is 46.9 Å². The summed E-state index contributed by atoms with van der Waals surface area (Å²) in [5.41, 5.74) is 16.4. The number of nitro benzene ring substituents is 1. The van der Waals surface area contributed by atoms with E-state index in [0.29, 0.717) is 40.7 Å². The monoisotopic (exact) mass is 962 g/mol. The zero-order valence-electron chi connectivity index (χ0n) is 36.4. The Bertz CT molecular complexity index is 2480. The molecule has 6 aromatic carbocycles. The number of nitro groups is 1. The number of rotatable bonds is 13. The van der Waals surface area contributed by atoms with E-state index in [9.17, 15) is 10.1 Å². The van der Waals surface area contributed by atoms with Crippen molar-refractivity contribution in [3.8, 4) is 0 Å². The molecule has 0 aliphatic carbocycles. The number of nitrogen functional groups attached to an aromatic ring is 1. The number of benzene rings is 6. The van der Waals surface area contributed by atoms with E-state index >= 15 is 0 Å². The van der Waals surface area contributed by atoms with Crippen LogP contribution in [0.2, 0.25) is 0 Å². The van der Waals surface area contributed by atoms with Crippen LogP contribution in [0.15, 0.2) is 97.1 Å². The van der Waals surface area contributed by atoms with Gasteiger partial charge in [0, 0.05) is 28.2 Å². The summed E-state index contributed by atoms with van der Waals surface area (Å²) in [5.74, 6) is 1.78. The van der Waals surface area contributed by atoms with E-state index in [1.165, 1.54) is 11.1 Å². The Balaban J connectivity index is 0.000000253. The van der Waals surface area contributed by atoms with Crippen molar-refractivity contribution in [1.82, 2.24) is 0 Å². The first-order valence-electron chi connectivity index (χ1n) is 20.6. The van der Waals surface area contributed by atoms with Crippen molar-refractivity contribution in [3.05, 3.63) is 152 Å². The van der Waals surface area contributed by atoms with Crippen LogP contribution in [0.25, 0.3) is 31.2 Å². The van der Waals surface area contributed by atoms with Crippen LogP contribution in [0.1, 0.15) is 77.6 Å². The number of anilines is 5. The maximum absolute atomic E-state index is 11.8. The first-order valence-corrected chi connectivity index (χ1v) is 27.8. The quantitative estimate of drug-likeness (QED) is 0.0352. The number of hydrogen-bond acceptors (Lipinski definition) is 5. The Morgan fingerprint density at radius 1 is 0.590 bits per heavy atom. The Labute approximate surface area is 379 Å². The number of nitrogens with two attached hydrogens (primary N) is 1. The molecular weight excluding hydrogens is 906 g/mol. The molecule has 0 aromatic heterocycles. The molecule has 61 heavy (non-hydrogen) atoms. The molecule has 0 saturated heterocycles. The Morgan fingerprint density at radius 3 is 1.30 bits per heavy atom. The molecular formula is C50H56Cl2N6O2Sn. The number of hydrogen-bond donors (Lipinski definition) is 3. The van der Waals surface area contributed by atoms with Crippen molar-refractivity contribution in [1.29, 1.82) is 0 Å². The summed E-state index contributed by atoms with van der Waals surface area (Å²) in [5, 5.41) is 23.0. The van der Waals surface area contributed by atoms with Crippen molar-refractivity contribution >= 4 is 104 Å². The fourth-order valence-electron chi connectivity index (χ4n) is 7.57.